The van der Waals surface area contributed by atoms with Crippen molar-refractivity contribution in [2.45, 2.75) is 6.10 Å². The van der Waals surface area contributed by atoms with Crippen LogP contribution in [0.4, 0.5) is 21.7 Å². The number of nitrogens with zero attached hydrogens (tertiary/aromatic N) is 4. The summed E-state index contributed by atoms with van der Waals surface area (Å²) in [6, 6.07) is 8.00. The van der Waals surface area contributed by atoms with Gasteiger partial charge in [0.05, 0.1) is 25.5 Å². The second-order valence-electron chi connectivity index (χ2n) is 6.20. The lowest BCUT2D eigenvalue weighted by molar-refractivity contribution is -0.130. The molecule has 4 rings (SSSR count). The number of aliphatic hydroxyl groups is 1. The number of carbonyl (C=O) groups is 1. The summed E-state index contributed by atoms with van der Waals surface area (Å²) in [7, 11) is 0. The maximum atomic E-state index is 14.7. The summed E-state index contributed by atoms with van der Waals surface area (Å²) in [5.41, 5.74) is 1.38. The van der Waals surface area contributed by atoms with E-state index in [9.17, 15) is 14.3 Å². The van der Waals surface area contributed by atoms with Gasteiger partial charge in [0.15, 0.2) is 5.82 Å². The fourth-order valence-electron chi connectivity index (χ4n) is 2.91. The number of aromatic nitrogens is 4. The van der Waals surface area contributed by atoms with E-state index in [4.69, 9.17) is 4.74 Å². The Labute approximate surface area is 159 Å². The Morgan fingerprint density at radius 2 is 2.18 bits per heavy atom. The van der Waals surface area contributed by atoms with E-state index < -0.39 is 11.9 Å². The Bertz CT molecular complexity index is 964. The van der Waals surface area contributed by atoms with Crippen LogP contribution in [0.25, 0.3) is 11.1 Å². The smallest absolute Gasteiger partial charge is 0.253 e. The normalized spacial score (nSPS) is 17.0. The van der Waals surface area contributed by atoms with Gasteiger partial charge in [0.2, 0.25) is 0 Å². The van der Waals surface area contributed by atoms with Crippen LogP contribution in [-0.2, 0) is 9.53 Å². The van der Waals surface area contributed by atoms with Crippen LogP contribution >= 0.6 is 0 Å². The summed E-state index contributed by atoms with van der Waals surface area (Å²) < 4.78 is 19.9. The predicted octanol–water partition coefficient (Wildman–Crippen LogP) is 1.47. The fraction of sp³-hybridized carbons (Fsp3) is 0.222. The van der Waals surface area contributed by atoms with Gasteiger partial charge in [0.1, 0.15) is 18.2 Å². The minimum atomic E-state index is -0.477. The molecule has 1 amide bonds. The van der Waals surface area contributed by atoms with Crippen molar-refractivity contribution < 1.29 is 19.0 Å². The van der Waals surface area contributed by atoms with Crippen molar-refractivity contribution in [2.24, 2.45) is 0 Å². The zero-order valence-electron chi connectivity index (χ0n) is 14.7. The van der Waals surface area contributed by atoms with Crippen LogP contribution in [-0.4, -0.2) is 57.3 Å². The second-order valence-corrected chi connectivity index (χ2v) is 6.20. The highest BCUT2D eigenvalue weighted by Crippen LogP contribution is 2.28. The Morgan fingerprint density at radius 3 is 2.86 bits per heavy atom. The first kappa shape index (κ1) is 18.0. The van der Waals surface area contributed by atoms with Gasteiger partial charge in [-0.15, -0.1) is 5.10 Å². The summed E-state index contributed by atoms with van der Waals surface area (Å²) in [5.74, 6) is 0.314. The zero-order chi connectivity index (χ0) is 19.5. The van der Waals surface area contributed by atoms with Gasteiger partial charge in [0, 0.05) is 23.0 Å². The van der Waals surface area contributed by atoms with Crippen LogP contribution in [0.15, 0.2) is 42.7 Å². The largest absolute Gasteiger partial charge is 0.394 e. The molecular weight excluding hydrogens is 367 g/mol. The highest BCUT2D eigenvalue weighted by molar-refractivity contribution is 5.95. The number of carbonyl (C=O) groups excluding carboxylic acids is 1. The van der Waals surface area contributed by atoms with Gasteiger partial charge >= 0.3 is 0 Å². The molecule has 1 aliphatic heterocycles. The van der Waals surface area contributed by atoms with Crippen LogP contribution in [0.3, 0.4) is 0 Å². The first-order chi connectivity index (χ1) is 13.6. The van der Waals surface area contributed by atoms with Crippen molar-refractivity contribution in [3.63, 3.8) is 0 Å². The summed E-state index contributed by atoms with van der Waals surface area (Å²) in [4.78, 5) is 17.7. The molecule has 1 aromatic carbocycles. The van der Waals surface area contributed by atoms with Crippen LogP contribution in [0.2, 0.25) is 0 Å². The third kappa shape index (κ3) is 3.68. The summed E-state index contributed by atoms with van der Waals surface area (Å²) >= 11 is 0. The number of rotatable bonds is 5. The van der Waals surface area contributed by atoms with E-state index in [1.165, 1.54) is 17.2 Å². The average Bonchev–Trinajstić information content (AvgIpc) is 3.22. The molecule has 0 bridgehead atoms. The monoisotopic (exact) mass is 384 g/mol. The molecule has 0 aliphatic carbocycles. The maximum absolute atomic E-state index is 14.7. The molecule has 0 spiro atoms. The third-order valence-electron chi connectivity index (χ3n) is 4.34. The van der Waals surface area contributed by atoms with Crippen molar-refractivity contribution in [2.75, 3.05) is 30.0 Å². The lowest BCUT2D eigenvalue weighted by Gasteiger charge is -2.32. The van der Waals surface area contributed by atoms with Crippen molar-refractivity contribution in [1.29, 1.82) is 0 Å². The number of hydrogen-bond acceptors (Lipinski definition) is 7. The highest BCUT2D eigenvalue weighted by atomic mass is 19.1. The SMILES string of the molecule is O=C1COC(CO)CN1c1ccc(-c2ccc(Nc3cn[nH]n3)nc2)c(F)c1. The number of hydrogen-bond donors (Lipinski definition) is 3. The number of halogens is 1. The number of ether oxygens (including phenoxy) is 1. The lowest BCUT2D eigenvalue weighted by atomic mass is 10.1. The Morgan fingerprint density at radius 1 is 1.29 bits per heavy atom. The van der Waals surface area contributed by atoms with Crippen LogP contribution in [0, 0.1) is 5.82 Å². The van der Waals surface area contributed by atoms with E-state index in [0.717, 1.165) is 0 Å². The topological polar surface area (TPSA) is 116 Å². The molecule has 9 nitrogen and oxygen atoms in total. The summed E-state index contributed by atoms with van der Waals surface area (Å²) in [5, 5.41) is 22.2. The molecule has 28 heavy (non-hydrogen) atoms. The Kier molecular flexibility index (Phi) is 4.96. The molecule has 10 heteroatoms. The number of benzene rings is 1. The Hall–Kier alpha value is -3.37. The molecule has 3 aromatic rings. The number of amides is 1. The molecule has 1 unspecified atom stereocenters. The van der Waals surface area contributed by atoms with Gasteiger partial charge in [-0.1, -0.05) is 0 Å². The molecule has 2 aromatic heterocycles. The maximum Gasteiger partial charge on any atom is 0.253 e. The number of aromatic amines is 1. The number of pyridine rings is 1. The van der Waals surface area contributed by atoms with Crippen molar-refractivity contribution in [1.82, 2.24) is 20.4 Å². The molecule has 3 N–H and O–H groups in total. The fourth-order valence-corrected chi connectivity index (χ4v) is 2.91. The predicted molar refractivity (Wildman–Crippen MR) is 98.5 cm³/mol. The molecular formula is C18H17FN6O3. The van der Waals surface area contributed by atoms with E-state index in [2.05, 4.69) is 25.7 Å². The standard InChI is InChI=1S/C18H17FN6O3/c19-15-5-12(25-8-13(9-26)28-10-18(25)27)2-3-14(15)11-1-4-16(20-6-11)22-17-7-21-24-23-17/h1-7,13,26H,8-10H2,(H2,20,21,22,23,24). The van der Waals surface area contributed by atoms with Crippen molar-refractivity contribution in [3.05, 3.63) is 48.5 Å². The number of H-pyrrole nitrogens is 1. The van der Waals surface area contributed by atoms with Crippen LogP contribution in [0.1, 0.15) is 0 Å². The first-order valence-corrected chi connectivity index (χ1v) is 8.55. The molecule has 0 radical (unpaired) electrons. The van der Waals surface area contributed by atoms with Crippen LogP contribution in [0.5, 0.6) is 0 Å². The molecule has 3 heterocycles. The minimum absolute atomic E-state index is 0.140. The highest BCUT2D eigenvalue weighted by Gasteiger charge is 2.27. The molecule has 1 atom stereocenters. The zero-order valence-corrected chi connectivity index (χ0v) is 14.7. The summed E-state index contributed by atoms with van der Waals surface area (Å²) in [6.07, 6.45) is 2.58. The van der Waals surface area contributed by atoms with Crippen LogP contribution < -0.4 is 10.2 Å². The van der Waals surface area contributed by atoms with E-state index in [1.54, 1.807) is 30.5 Å². The van der Waals surface area contributed by atoms with Crippen molar-refractivity contribution >= 4 is 23.2 Å². The van der Waals surface area contributed by atoms with Gasteiger partial charge < -0.3 is 20.1 Å². The van der Waals surface area contributed by atoms with Gasteiger partial charge in [-0.25, -0.2) is 9.37 Å². The summed E-state index contributed by atoms with van der Waals surface area (Å²) in [6.45, 7) is -0.165. The average molecular weight is 384 g/mol. The van der Waals surface area contributed by atoms with E-state index in [1.807, 2.05) is 0 Å². The van der Waals surface area contributed by atoms with Gasteiger partial charge in [0.25, 0.3) is 5.91 Å². The van der Waals surface area contributed by atoms with Gasteiger partial charge in [-0.3, -0.25) is 4.79 Å². The second kappa shape index (κ2) is 7.71. The van der Waals surface area contributed by atoms with E-state index in [-0.39, 0.29) is 25.7 Å². The molecule has 0 saturated carbocycles. The molecule has 1 fully saturated rings. The number of nitrogens with one attached hydrogen (secondary N) is 2. The molecule has 1 aliphatic rings. The minimum Gasteiger partial charge on any atom is -0.394 e. The number of anilines is 3. The van der Waals surface area contributed by atoms with Gasteiger partial charge in [-0.2, -0.15) is 10.3 Å². The van der Waals surface area contributed by atoms with Crippen molar-refractivity contribution in [3.8, 4) is 11.1 Å². The quantitative estimate of drug-likeness (QED) is 0.610. The lowest BCUT2D eigenvalue weighted by Crippen LogP contribution is -2.48. The van der Waals surface area contributed by atoms with E-state index >= 15 is 0 Å². The number of morpholine rings is 1. The molecule has 1 saturated heterocycles. The van der Waals surface area contributed by atoms with Gasteiger partial charge in [-0.05, 0) is 30.3 Å². The first-order valence-electron chi connectivity index (χ1n) is 8.55. The third-order valence-corrected chi connectivity index (χ3v) is 4.34. The Balaban J connectivity index is 1.53. The molecule has 144 valence electrons. The van der Waals surface area contributed by atoms with E-state index in [0.29, 0.717) is 28.5 Å². The number of aliphatic hydroxyl groups excluding tert-OH is 1.